The number of aliphatic imine (C=N–C) groups is 1. The highest BCUT2D eigenvalue weighted by Crippen LogP contribution is 2.14. The van der Waals surface area contributed by atoms with Crippen LogP contribution in [0.2, 0.25) is 0 Å². The molecule has 0 bridgehead atoms. The molecule has 2 atom stereocenters. The van der Waals surface area contributed by atoms with Gasteiger partial charge in [-0.15, -0.1) is 24.0 Å². The summed E-state index contributed by atoms with van der Waals surface area (Å²) in [6.45, 7) is 6.69. The van der Waals surface area contributed by atoms with Crippen LogP contribution in [0.1, 0.15) is 31.9 Å². The van der Waals surface area contributed by atoms with Crippen molar-refractivity contribution in [3.63, 3.8) is 0 Å². The fourth-order valence-electron chi connectivity index (χ4n) is 3.17. The van der Waals surface area contributed by atoms with Gasteiger partial charge in [-0.1, -0.05) is 18.2 Å². The third-order valence-corrected chi connectivity index (χ3v) is 4.45. The second kappa shape index (κ2) is 12.0. The van der Waals surface area contributed by atoms with E-state index in [-0.39, 0.29) is 36.1 Å². The van der Waals surface area contributed by atoms with E-state index in [0.717, 1.165) is 49.3 Å². The number of fused-ring (bicyclic) bond motifs is 1. The summed E-state index contributed by atoms with van der Waals surface area (Å²) < 4.78 is 13.0. The van der Waals surface area contributed by atoms with Crippen LogP contribution in [0.3, 0.4) is 0 Å². The van der Waals surface area contributed by atoms with Crippen LogP contribution in [0, 0.1) is 0 Å². The minimum absolute atomic E-state index is 0. The van der Waals surface area contributed by atoms with E-state index in [2.05, 4.69) is 27.6 Å². The molecule has 0 fully saturated rings. The van der Waals surface area contributed by atoms with Gasteiger partial charge < -0.3 is 20.1 Å². The highest BCUT2D eigenvalue weighted by Gasteiger charge is 2.22. The number of hydrogen-bond acceptors (Lipinski definition) is 5. The molecule has 0 saturated carbocycles. The minimum atomic E-state index is -0.0114. The number of aromatic nitrogens is 3. The molecule has 2 heterocycles. The first-order valence-electron chi connectivity index (χ1n) is 9.86. The number of guanidine groups is 1. The average molecular weight is 514 g/mol. The summed E-state index contributed by atoms with van der Waals surface area (Å²) in [7, 11) is 1.66. The summed E-state index contributed by atoms with van der Waals surface area (Å²) in [5.74, 6) is 3.43. The number of aryl methyl sites for hydroxylation is 1. The Morgan fingerprint density at radius 3 is 2.86 bits per heavy atom. The summed E-state index contributed by atoms with van der Waals surface area (Å²) in [5.41, 5.74) is 0. The Kier molecular flexibility index (Phi) is 9.65. The number of ether oxygens (including phenoxy) is 2. The van der Waals surface area contributed by atoms with Gasteiger partial charge in [0.25, 0.3) is 0 Å². The number of nitrogens with one attached hydrogen (secondary N) is 2. The van der Waals surface area contributed by atoms with Crippen molar-refractivity contribution in [2.45, 2.75) is 52.0 Å². The number of nitrogens with zero attached hydrogens (tertiary/aromatic N) is 4. The molecule has 2 aromatic rings. The van der Waals surface area contributed by atoms with E-state index in [4.69, 9.17) is 14.5 Å². The van der Waals surface area contributed by atoms with Crippen molar-refractivity contribution in [1.29, 1.82) is 0 Å². The monoisotopic (exact) mass is 514 g/mol. The van der Waals surface area contributed by atoms with E-state index in [1.807, 2.05) is 41.9 Å². The molecule has 1 aromatic heterocycles. The molecule has 160 valence electrons. The second-order valence-electron chi connectivity index (χ2n) is 6.90. The zero-order chi connectivity index (χ0) is 19.8. The van der Waals surface area contributed by atoms with Crippen LogP contribution in [-0.2, 0) is 24.3 Å². The fourth-order valence-corrected chi connectivity index (χ4v) is 3.17. The summed E-state index contributed by atoms with van der Waals surface area (Å²) in [5, 5.41) is 11.4. The molecule has 0 saturated heterocycles. The number of methoxy groups -OCH3 is 1. The predicted molar refractivity (Wildman–Crippen MR) is 124 cm³/mol. The normalized spacial score (nSPS) is 17.1. The van der Waals surface area contributed by atoms with Gasteiger partial charge in [-0.3, -0.25) is 0 Å². The molecule has 1 aliphatic rings. The average Bonchev–Trinajstić information content (AvgIpc) is 3.09. The predicted octanol–water partition coefficient (Wildman–Crippen LogP) is 2.38. The largest absolute Gasteiger partial charge is 0.489 e. The van der Waals surface area contributed by atoms with E-state index >= 15 is 0 Å². The van der Waals surface area contributed by atoms with Crippen LogP contribution < -0.4 is 15.4 Å². The molecule has 2 unspecified atom stereocenters. The number of halogens is 1. The van der Waals surface area contributed by atoms with Gasteiger partial charge in [-0.05, 0) is 32.4 Å². The highest BCUT2D eigenvalue weighted by molar-refractivity contribution is 14.0. The third-order valence-electron chi connectivity index (χ3n) is 4.45. The van der Waals surface area contributed by atoms with E-state index in [9.17, 15) is 0 Å². The smallest absolute Gasteiger partial charge is 0.191 e. The van der Waals surface area contributed by atoms with E-state index in [1.165, 1.54) is 0 Å². The van der Waals surface area contributed by atoms with E-state index in [0.29, 0.717) is 13.2 Å². The Morgan fingerprint density at radius 2 is 2.14 bits per heavy atom. The molecule has 3 rings (SSSR count). The minimum Gasteiger partial charge on any atom is -0.489 e. The first kappa shape index (κ1) is 23.4. The molecule has 1 aliphatic heterocycles. The first-order valence-corrected chi connectivity index (χ1v) is 9.86. The molecule has 0 radical (unpaired) electrons. The summed E-state index contributed by atoms with van der Waals surface area (Å²) in [4.78, 5) is 9.22. The van der Waals surface area contributed by atoms with Crippen molar-refractivity contribution in [2.75, 3.05) is 20.2 Å². The number of para-hydroxylation sites is 1. The fraction of sp³-hybridized carbons (Fsp3) is 0.550. The molecule has 1 aromatic carbocycles. The van der Waals surface area contributed by atoms with Crippen LogP contribution in [0.15, 0.2) is 35.3 Å². The van der Waals surface area contributed by atoms with Crippen LogP contribution >= 0.6 is 24.0 Å². The molecule has 29 heavy (non-hydrogen) atoms. The number of rotatable bonds is 8. The Balaban J connectivity index is 0.00000300. The molecular formula is C20H31IN6O2. The maximum absolute atomic E-state index is 5.91. The van der Waals surface area contributed by atoms with Gasteiger partial charge in [0.1, 0.15) is 24.3 Å². The molecule has 0 spiro atoms. The van der Waals surface area contributed by atoms with E-state index < -0.39 is 0 Å². The Labute approximate surface area is 189 Å². The third kappa shape index (κ3) is 7.14. The van der Waals surface area contributed by atoms with Gasteiger partial charge in [0.15, 0.2) is 11.8 Å². The van der Waals surface area contributed by atoms with Crippen LogP contribution in [0.25, 0.3) is 0 Å². The van der Waals surface area contributed by atoms with Crippen LogP contribution in [-0.4, -0.2) is 53.1 Å². The zero-order valence-electron chi connectivity index (χ0n) is 17.3. The zero-order valence-corrected chi connectivity index (χ0v) is 19.6. The molecule has 0 aliphatic carbocycles. The maximum atomic E-state index is 5.91. The van der Waals surface area contributed by atoms with Crippen LogP contribution in [0.5, 0.6) is 5.75 Å². The number of hydrogen-bond donors (Lipinski definition) is 2. The van der Waals surface area contributed by atoms with Crippen LogP contribution in [0.4, 0.5) is 0 Å². The quantitative estimate of drug-likeness (QED) is 0.320. The van der Waals surface area contributed by atoms with Crippen molar-refractivity contribution in [1.82, 2.24) is 25.4 Å². The van der Waals surface area contributed by atoms with Gasteiger partial charge in [0, 0.05) is 26.1 Å². The van der Waals surface area contributed by atoms with Crippen molar-refractivity contribution in [3.8, 4) is 5.75 Å². The van der Waals surface area contributed by atoms with Crippen molar-refractivity contribution >= 4 is 29.9 Å². The first-order chi connectivity index (χ1) is 13.7. The van der Waals surface area contributed by atoms with Gasteiger partial charge in [-0.2, -0.15) is 5.10 Å². The molecule has 2 N–H and O–H groups in total. The molecular weight excluding hydrogens is 483 g/mol. The summed E-state index contributed by atoms with van der Waals surface area (Å²) in [6.07, 6.45) is 1.87. The standard InChI is InChI=1S/C20H30N6O2.HI/c1-4-21-20(22-12-15(2)28-17-8-6-5-7-9-17)23-16-10-11-19-24-18(14-27-3)25-26(19)13-16;/h5-9,15-16H,4,10-14H2,1-3H3,(H2,21,22,23);1H. The maximum Gasteiger partial charge on any atom is 0.191 e. The van der Waals surface area contributed by atoms with Crippen molar-refractivity contribution in [2.24, 2.45) is 4.99 Å². The van der Waals surface area contributed by atoms with Crippen molar-refractivity contribution < 1.29 is 9.47 Å². The topological polar surface area (TPSA) is 85.6 Å². The second-order valence-corrected chi connectivity index (χ2v) is 6.90. The Morgan fingerprint density at radius 1 is 1.34 bits per heavy atom. The summed E-state index contributed by atoms with van der Waals surface area (Å²) in [6, 6.07) is 10.1. The summed E-state index contributed by atoms with van der Waals surface area (Å²) >= 11 is 0. The SMILES string of the molecule is CCNC(=NCC(C)Oc1ccccc1)NC1CCc2nc(COC)nn2C1.I. The van der Waals surface area contributed by atoms with Gasteiger partial charge >= 0.3 is 0 Å². The number of benzene rings is 1. The lowest BCUT2D eigenvalue weighted by Crippen LogP contribution is -2.47. The lowest BCUT2D eigenvalue weighted by Gasteiger charge is -2.25. The lowest BCUT2D eigenvalue weighted by molar-refractivity contribution is 0.177. The van der Waals surface area contributed by atoms with E-state index in [1.54, 1.807) is 7.11 Å². The lowest BCUT2D eigenvalue weighted by atomic mass is 10.1. The Hall–Kier alpha value is -1.88. The van der Waals surface area contributed by atoms with Crippen molar-refractivity contribution in [3.05, 3.63) is 42.0 Å². The van der Waals surface area contributed by atoms with Gasteiger partial charge in [-0.25, -0.2) is 14.7 Å². The van der Waals surface area contributed by atoms with Gasteiger partial charge in [0.05, 0.1) is 13.1 Å². The highest BCUT2D eigenvalue weighted by atomic mass is 127. The Bertz CT molecular complexity index is 768. The van der Waals surface area contributed by atoms with Gasteiger partial charge in [0.2, 0.25) is 0 Å². The molecule has 8 nitrogen and oxygen atoms in total. The molecule has 0 amide bonds. The molecule has 9 heteroatoms.